The van der Waals surface area contributed by atoms with Crippen LogP contribution in [0.25, 0.3) is 5.57 Å². The summed E-state index contributed by atoms with van der Waals surface area (Å²) in [5.74, 6) is 0.0774. The molecule has 3 aromatic rings. The summed E-state index contributed by atoms with van der Waals surface area (Å²) in [6.07, 6.45) is 3.61. The summed E-state index contributed by atoms with van der Waals surface area (Å²) >= 11 is 0. The zero-order valence-corrected chi connectivity index (χ0v) is 21.0. The van der Waals surface area contributed by atoms with Crippen LogP contribution in [-0.2, 0) is 31.0 Å². The Kier molecular flexibility index (Phi) is 5.76. The smallest absolute Gasteiger partial charge is 0.273 e. The van der Waals surface area contributed by atoms with Crippen molar-refractivity contribution in [2.45, 2.75) is 31.6 Å². The molecule has 0 atom stereocenters. The Labute approximate surface area is 218 Å². The maximum atomic E-state index is 13.9. The Hall–Kier alpha value is -4.44. The van der Waals surface area contributed by atoms with E-state index >= 15 is 0 Å². The summed E-state index contributed by atoms with van der Waals surface area (Å²) in [6, 6.07) is 11.1. The minimum atomic E-state index is -0.602. The number of amides is 3. The molecule has 0 bridgehead atoms. The van der Waals surface area contributed by atoms with Crippen LogP contribution in [0.15, 0.2) is 52.9 Å². The number of carbonyl (C=O) groups is 3. The van der Waals surface area contributed by atoms with Crippen LogP contribution in [0.2, 0.25) is 0 Å². The summed E-state index contributed by atoms with van der Waals surface area (Å²) in [5.41, 5.74) is 4.90. The van der Waals surface area contributed by atoms with Crippen LogP contribution >= 0.6 is 0 Å². The summed E-state index contributed by atoms with van der Waals surface area (Å²) in [5, 5.41) is 9.78. The fourth-order valence-electron chi connectivity index (χ4n) is 5.66. The summed E-state index contributed by atoms with van der Waals surface area (Å²) < 4.78 is 16.1. The first-order chi connectivity index (χ1) is 18.5. The summed E-state index contributed by atoms with van der Waals surface area (Å²) in [6.45, 7) is 2.74. The monoisotopic (exact) mass is 514 g/mol. The van der Waals surface area contributed by atoms with E-state index in [1.807, 2.05) is 24.3 Å². The number of hydrogen-bond donors (Lipinski definition) is 2. The number of carbonyl (C=O) groups excluding carboxylic acids is 3. The minimum Gasteiger partial charge on any atom is -0.496 e. The number of methoxy groups -OCH3 is 1. The number of fused-ring (bicyclic) bond motifs is 3. The van der Waals surface area contributed by atoms with Gasteiger partial charge in [0.05, 0.1) is 12.5 Å². The first-order valence-corrected chi connectivity index (χ1v) is 12.4. The van der Waals surface area contributed by atoms with E-state index in [4.69, 9.17) is 14.0 Å². The summed E-state index contributed by atoms with van der Waals surface area (Å²) in [7, 11) is 1.57. The van der Waals surface area contributed by atoms with Crippen molar-refractivity contribution in [2.24, 2.45) is 0 Å². The number of ether oxygens (including phenoxy) is 2. The third kappa shape index (κ3) is 3.59. The number of aryl methyl sites for hydroxylation is 1. The molecule has 10 heteroatoms. The molecule has 194 valence electrons. The van der Waals surface area contributed by atoms with E-state index in [1.54, 1.807) is 26.2 Å². The van der Waals surface area contributed by atoms with Gasteiger partial charge in [-0.15, -0.1) is 0 Å². The van der Waals surface area contributed by atoms with Gasteiger partial charge in [0.2, 0.25) is 12.3 Å². The number of anilines is 3. The lowest BCUT2D eigenvalue weighted by Crippen LogP contribution is -2.39. The van der Waals surface area contributed by atoms with E-state index in [2.05, 4.69) is 15.8 Å². The molecule has 1 saturated heterocycles. The Morgan fingerprint density at radius 2 is 2.05 bits per heavy atom. The molecule has 1 fully saturated rings. The Morgan fingerprint density at radius 1 is 1.24 bits per heavy atom. The first-order valence-electron chi connectivity index (χ1n) is 12.4. The highest BCUT2D eigenvalue weighted by Crippen LogP contribution is 2.46. The molecule has 0 radical (unpaired) electrons. The van der Waals surface area contributed by atoms with E-state index in [1.165, 1.54) is 11.2 Å². The molecule has 3 heterocycles. The lowest BCUT2D eigenvalue weighted by atomic mass is 9.75. The second-order valence-electron chi connectivity index (χ2n) is 9.62. The van der Waals surface area contributed by atoms with Gasteiger partial charge in [0.25, 0.3) is 5.91 Å². The summed E-state index contributed by atoms with van der Waals surface area (Å²) in [4.78, 5) is 40.4. The average Bonchev–Trinajstić information content (AvgIpc) is 3.44. The number of rotatable bonds is 6. The first kappa shape index (κ1) is 23.9. The Bertz CT molecular complexity index is 1500. The lowest BCUT2D eigenvalue weighted by molar-refractivity contribution is -0.124. The zero-order chi connectivity index (χ0) is 26.4. The van der Waals surface area contributed by atoms with E-state index in [0.29, 0.717) is 73.0 Å². The maximum Gasteiger partial charge on any atom is 0.273 e. The normalized spacial score (nSPS) is 18.1. The van der Waals surface area contributed by atoms with Crippen LogP contribution in [-0.4, -0.2) is 43.7 Å². The van der Waals surface area contributed by atoms with Gasteiger partial charge < -0.3 is 24.6 Å². The molecular formula is C28H26N4O6. The van der Waals surface area contributed by atoms with Gasteiger partial charge in [0.1, 0.15) is 29.1 Å². The molecule has 38 heavy (non-hydrogen) atoms. The molecule has 1 aromatic heterocycles. The van der Waals surface area contributed by atoms with E-state index in [0.717, 1.165) is 16.7 Å². The molecule has 1 aliphatic carbocycles. The molecule has 2 aromatic carbocycles. The van der Waals surface area contributed by atoms with Gasteiger partial charge in [-0.2, -0.15) is 0 Å². The fourth-order valence-corrected chi connectivity index (χ4v) is 5.66. The SMILES string of the molecule is COc1cccc2c1/C(=C(\C(=O)Nc1ccc3c(c1)NC(=O)C31CCOCC1)N(C=O)c1conc1C)C2. The predicted molar refractivity (Wildman–Crippen MR) is 139 cm³/mol. The van der Waals surface area contributed by atoms with Gasteiger partial charge in [0, 0.05) is 36.6 Å². The van der Waals surface area contributed by atoms with Crippen LogP contribution in [0, 0.1) is 6.92 Å². The molecule has 2 N–H and O–H groups in total. The van der Waals surface area contributed by atoms with Gasteiger partial charge in [0.15, 0.2) is 0 Å². The molecule has 10 nitrogen and oxygen atoms in total. The highest BCUT2D eigenvalue weighted by Gasteiger charge is 2.47. The molecule has 0 saturated carbocycles. The predicted octanol–water partition coefficient (Wildman–Crippen LogP) is 3.56. The third-order valence-corrected chi connectivity index (χ3v) is 7.66. The van der Waals surface area contributed by atoms with E-state index in [9.17, 15) is 14.4 Å². The highest BCUT2D eigenvalue weighted by atomic mass is 16.5. The van der Waals surface area contributed by atoms with Crippen molar-refractivity contribution in [2.75, 3.05) is 35.9 Å². The van der Waals surface area contributed by atoms with Crippen molar-refractivity contribution < 1.29 is 28.4 Å². The Balaban J connectivity index is 1.39. The van der Waals surface area contributed by atoms with Crippen LogP contribution in [0.1, 0.15) is 35.2 Å². The second kappa shape index (κ2) is 9.14. The maximum absolute atomic E-state index is 13.9. The van der Waals surface area contributed by atoms with Crippen molar-refractivity contribution in [3.8, 4) is 5.75 Å². The van der Waals surface area contributed by atoms with Gasteiger partial charge in [-0.3, -0.25) is 19.3 Å². The molecule has 3 aliphatic rings. The largest absolute Gasteiger partial charge is 0.496 e. The Morgan fingerprint density at radius 3 is 2.76 bits per heavy atom. The topological polar surface area (TPSA) is 123 Å². The molecule has 1 spiro atoms. The van der Waals surface area contributed by atoms with E-state index < -0.39 is 11.3 Å². The van der Waals surface area contributed by atoms with Gasteiger partial charge in [-0.05, 0) is 54.7 Å². The van der Waals surface area contributed by atoms with Crippen LogP contribution in [0.4, 0.5) is 17.1 Å². The van der Waals surface area contributed by atoms with Gasteiger partial charge in [-0.1, -0.05) is 23.4 Å². The van der Waals surface area contributed by atoms with Crippen molar-refractivity contribution in [1.29, 1.82) is 0 Å². The number of hydrogen-bond acceptors (Lipinski definition) is 7. The van der Waals surface area contributed by atoms with Crippen molar-refractivity contribution >= 4 is 40.9 Å². The van der Waals surface area contributed by atoms with Crippen LogP contribution < -0.4 is 20.3 Å². The number of benzene rings is 2. The van der Waals surface area contributed by atoms with Gasteiger partial charge >= 0.3 is 0 Å². The van der Waals surface area contributed by atoms with E-state index in [-0.39, 0.29) is 11.6 Å². The standard InChI is InChI=1S/C28H26N4O6/c1-16-22(14-38-31-16)32(15-33)25(19-12-17-4-3-5-23(36-2)24(17)19)26(34)29-18-6-7-20-21(13-18)30-27(35)28(20)8-10-37-11-9-28/h3-7,13-15H,8-12H2,1-2H3,(H,29,34)(H,30,35)/b25-19+. The molecule has 2 aliphatic heterocycles. The second-order valence-corrected chi connectivity index (χ2v) is 9.62. The van der Waals surface area contributed by atoms with Crippen LogP contribution in [0.3, 0.4) is 0 Å². The van der Waals surface area contributed by atoms with Crippen molar-refractivity contribution in [3.05, 3.63) is 70.7 Å². The number of nitrogens with one attached hydrogen (secondary N) is 2. The van der Waals surface area contributed by atoms with Crippen LogP contribution in [0.5, 0.6) is 5.75 Å². The van der Waals surface area contributed by atoms with Crippen molar-refractivity contribution in [3.63, 3.8) is 0 Å². The zero-order valence-electron chi connectivity index (χ0n) is 21.0. The van der Waals surface area contributed by atoms with Gasteiger partial charge in [-0.25, -0.2) is 0 Å². The number of allylic oxidation sites excluding steroid dienone is 1. The molecular weight excluding hydrogens is 488 g/mol. The average molecular weight is 515 g/mol. The lowest BCUT2D eigenvalue weighted by Gasteiger charge is -2.31. The quantitative estimate of drug-likeness (QED) is 0.381. The number of nitrogens with zero attached hydrogens (tertiary/aromatic N) is 2. The van der Waals surface area contributed by atoms with Crippen molar-refractivity contribution in [1.82, 2.24) is 5.16 Å². The minimum absolute atomic E-state index is 0.0460. The highest BCUT2D eigenvalue weighted by molar-refractivity contribution is 6.17. The molecule has 6 rings (SSSR count). The molecule has 0 unspecified atom stereocenters. The third-order valence-electron chi connectivity index (χ3n) is 7.66. The number of aromatic nitrogens is 1. The fraction of sp³-hybridized carbons (Fsp3) is 0.286. The molecule has 3 amide bonds.